The Morgan fingerprint density at radius 2 is 1.90 bits per heavy atom. The molecule has 200 valence electrons. The molecular formula is C28H30N8O3. The molecule has 0 amide bonds. The van der Waals surface area contributed by atoms with E-state index in [9.17, 15) is 15.2 Å². The van der Waals surface area contributed by atoms with E-state index < -0.39 is 11.4 Å². The van der Waals surface area contributed by atoms with Gasteiger partial charge in [-0.1, -0.05) is 37.3 Å². The second-order valence-corrected chi connectivity index (χ2v) is 9.93. The van der Waals surface area contributed by atoms with E-state index in [1.807, 2.05) is 57.2 Å². The Morgan fingerprint density at radius 1 is 1.13 bits per heavy atom. The van der Waals surface area contributed by atoms with E-state index in [2.05, 4.69) is 36.7 Å². The number of nitrogens with zero attached hydrogens (tertiary/aromatic N) is 7. The molecule has 3 heterocycles. The van der Waals surface area contributed by atoms with Crippen LogP contribution >= 0.6 is 0 Å². The number of carboxylic acid groups (broad SMARTS) is 1. The van der Waals surface area contributed by atoms with Crippen LogP contribution < -0.4 is 5.32 Å². The summed E-state index contributed by atoms with van der Waals surface area (Å²) in [6.45, 7) is 6.50. The third-order valence-electron chi connectivity index (χ3n) is 6.02. The fourth-order valence-electron chi connectivity index (χ4n) is 4.12. The highest BCUT2D eigenvalue weighted by atomic mass is 16.5. The number of carbonyl (C=O) groups is 1. The van der Waals surface area contributed by atoms with Crippen LogP contribution in [0.5, 0.6) is 0 Å². The average molecular weight is 527 g/mol. The van der Waals surface area contributed by atoms with E-state index >= 15 is 0 Å². The number of methoxy groups -OCH3 is 1. The van der Waals surface area contributed by atoms with Crippen molar-refractivity contribution in [3.05, 3.63) is 71.7 Å². The molecular weight excluding hydrogens is 496 g/mol. The number of rotatable bonds is 11. The van der Waals surface area contributed by atoms with E-state index in [1.54, 1.807) is 30.1 Å². The highest BCUT2D eigenvalue weighted by Gasteiger charge is 2.26. The van der Waals surface area contributed by atoms with Crippen molar-refractivity contribution in [2.45, 2.75) is 45.2 Å². The van der Waals surface area contributed by atoms with E-state index in [4.69, 9.17) is 4.74 Å². The van der Waals surface area contributed by atoms with E-state index in [0.29, 0.717) is 47.4 Å². The molecule has 0 radical (unpaired) electrons. The van der Waals surface area contributed by atoms with Crippen molar-refractivity contribution in [1.29, 1.82) is 5.26 Å². The van der Waals surface area contributed by atoms with Gasteiger partial charge in [0.15, 0.2) is 0 Å². The SMILES string of the molecule is COCC(C)Nc1nc(-c2cccc(C#N)c2)cc(-c2cn(Cc3cccc(C(C)(C)CC(=O)O)n3)nn2)n1. The van der Waals surface area contributed by atoms with Gasteiger partial charge in [-0.2, -0.15) is 5.26 Å². The summed E-state index contributed by atoms with van der Waals surface area (Å²) >= 11 is 0. The average Bonchev–Trinajstić information content (AvgIpc) is 3.36. The van der Waals surface area contributed by atoms with Gasteiger partial charge < -0.3 is 15.2 Å². The third kappa shape index (κ3) is 7.00. The molecule has 0 bridgehead atoms. The Hall–Kier alpha value is -4.69. The maximum atomic E-state index is 11.3. The molecule has 4 rings (SSSR count). The molecule has 11 nitrogen and oxygen atoms in total. The topological polar surface area (TPSA) is 152 Å². The van der Waals surface area contributed by atoms with Gasteiger partial charge in [0.2, 0.25) is 5.95 Å². The maximum absolute atomic E-state index is 11.3. The lowest BCUT2D eigenvalue weighted by Crippen LogP contribution is -2.23. The van der Waals surface area contributed by atoms with Crippen LogP contribution in [0.15, 0.2) is 54.7 Å². The highest BCUT2D eigenvalue weighted by molar-refractivity contribution is 5.69. The van der Waals surface area contributed by atoms with Gasteiger partial charge in [0, 0.05) is 29.8 Å². The summed E-state index contributed by atoms with van der Waals surface area (Å²) in [4.78, 5) is 25.3. The largest absolute Gasteiger partial charge is 0.481 e. The molecule has 2 N–H and O–H groups in total. The summed E-state index contributed by atoms with van der Waals surface area (Å²) in [6.07, 6.45) is 1.75. The molecule has 0 saturated carbocycles. The molecule has 3 aromatic heterocycles. The fourth-order valence-corrected chi connectivity index (χ4v) is 4.12. The first-order chi connectivity index (χ1) is 18.7. The first-order valence-electron chi connectivity index (χ1n) is 12.4. The van der Waals surface area contributed by atoms with Crippen LogP contribution in [0.1, 0.15) is 44.1 Å². The number of nitriles is 1. The number of benzene rings is 1. The third-order valence-corrected chi connectivity index (χ3v) is 6.02. The smallest absolute Gasteiger partial charge is 0.304 e. The van der Waals surface area contributed by atoms with Crippen LogP contribution in [0.25, 0.3) is 22.6 Å². The summed E-state index contributed by atoms with van der Waals surface area (Å²) in [7, 11) is 1.63. The van der Waals surface area contributed by atoms with E-state index in [1.165, 1.54) is 0 Å². The zero-order chi connectivity index (χ0) is 28.0. The van der Waals surface area contributed by atoms with Crippen molar-refractivity contribution < 1.29 is 14.6 Å². The summed E-state index contributed by atoms with van der Waals surface area (Å²) < 4.78 is 6.89. The van der Waals surface area contributed by atoms with Crippen molar-refractivity contribution in [1.82, 2.24) is 29.9 Å². The zero-order valence-electron chi connectivity index (χ0n) is 22.3. The van der Waals surface area contributed by atoms with Crippen LogP contribution in [0.3, 0.4) is 0 Å². The van der Waals surface area contributed by atoms with Crippen LogP contribution in [0.4, 0.5) is 5.95 Å². The predicted molar refractivity (Wildman–Crippen MR) is 145 cm³/mol. The molecule has 0 aliphatic heterocycles. The summed E-state index contributed by atoms with van der Waals surface area (Å²) in [5.74, 6) is -0.471. The molecule has 0 spiro atoms. The Kier molecular flexibility index (Phi) is 8.27. The van der Waals surface area contributed by atoms with Gasteiger partial charge in [0.1, 0.15) is 5.69 Å². The molecule has 0 fully saturated rings. The highest BCUT2D eigenvalue weighted by Crippen LogP contribution is 2.27. The molecule has 39 heavy (non-hydrogen) atoms. The predicted octanol–water partition coefficient (Wildman–Crippen LogP) is 3.92. The number of carboxylic acids is 1. The summed E-state index contributed by atoms with van der Waals surface area (Å²) in [5.41, 5.74) is 3.86. The number of hydrogen-bond acceptors (Lipinski definition) is 9. The van der Waals surface area contributed by atoms with Crippen molar-refractivity contribution in [3.8, 4) is 28.7 Å². The minimum absolute atomic E-state index is 0.0242. The van der Waals surface area contributed by atoms with Crippen LogP contribution in [-0.4, -0.2) is 60.8 Å². The van der Waals surface area contributed by atoms with Gasteiger partial charge in [-0.3, -0.25) is 9.78 Å². The van der Waals surface area contributed by atoms with Crippen LogP contribution in [0.2, 0.25) is 0 Å². The molecule has 1 unspecified atom stereocenters. The first kappa shape index (κ1) is 27.3. The zero-order valence-corrected chi connectivity index (χ0v) is 22.3. The van der Waals surface area contributed by atoms with Crippen LogP contribution in [-0.2, 0) is 21.5 Å². The minimum Gasteiger partial charge on any atom is -0.481 e. The molecule has 0 aliphatic rings. The van der Waals surface area contributed by atoms with Gasteiger partial charge in [0.05, 0.1) is 54.5 Å². The Balaban J connectivity index is 1.64. The van der Waals surface area contributed by atoms with Crippen molar-refractivity contribution in [2.24, 2.45) is 0 Å². The quantitative estimate of drug-likeness (QED) is 0.294. The Bertz CT molecular complexity index is 1510. The Morgan fingerprint density at radius 3 is 2.64 bits per heavy atom. The molecule has 4 aromatic rings. The first-order valence-corrected chi connectivity index (χ1v) is 12.4. The number of hydrogen-bond donors (Lipinski definition) is 2. The fraction of sp³-hybridized carbons (Fsp3) is 0.321. The van der Waals surface area contributed by atoms with Gasteiger partial charge in [-0.25, -0.2) is 14.6 Å². The number of pyridine rings is 1. The van der Waals surface area contributed by atoms with Crippen molar-refractivity contribution >= 4 is 11.9 Å². The lowest BCUT2D eigenvalue weighted by Gasteiger charge is -2.22. The van der Waals surface area contributed by atoms with Gasteiger partial charge >= 0.3 is 5.97 Å². The molecule has 1 aromatic carbocycles. The minimum atomic E-state index is -0.873. The molecule has 11 heteroatoms. The van der Waals surface area contributed by atoms with E-state index in [-0.39, 0.29) is 12.5 Å². The number of aromatic nitrogens is 6. The second kappa shape index (κ2) is 11.8. The maximum Gasteiger partial charge on any atom is 0.304 e. The lowest BCUT2D eigenvalue weighted by atomic mass is 9.85. The second-order valence-electron chi connectivity index (χ2n) is 9.93. The summed E-state index contributed by atoms with van der Waals surface area (Å²) in [6, 6.07) is 16.7. The summed E-state index contributed by atoms with van der Waals surface area (Å²) in [5, 5.41) is 30.4. The lowest BCUT2D eigenvalue weighted by molar-refractivity contribution is -0.138. The Labute approximate surface area is 226 Å². The molecule has 0 saturated heterocycles. The molecule has 1 atom stereocenters. The number of nitrogens with one attached hydrogen (secondary N) is 1. The molecule has 0 aliphatic carbocycles. The van der Waals surface area contributed by atoms with Crippen LogP contribution in [0, 0.1) is 11.3 Å². The monoisotopic (exact) mass is 526 g/mol. The number of ether oxygens (including phenoxy) is 1. The van der Waals surface area contributed by atoms with Crippen molar-refractivity contribution in [2.75, 3.05) is 19.0 Å². The van der Waals surface area contributed by atoms with Crippen molar-refractivity contribution in [3.63, 3.8) is 0 Å². The van der Waals surface area contributed by atoms with Gasteiger partial charge in [-0.05, 0) is 37.3 Å². The van der Waals surface area contributed by atoms with Gasteiger partial charge in [0.25, 0.3) is 0 Å². The number of aliphatic carboxylic acids is 1. The van der Waals surface area contributed by atoms with E-state index in [0.717, 1.165) is 11.3 Å². The standard InChI is InChI=1S/C28H30N8O3/c1-18(17-39-4)30-27-32-22(20-8-5-7-19(11-20)14-29)12-23(33-27)24-16-36(35-34-24)15-21-9-6-10-25(31-21)28(2,3)13-26(37)38/h5-12,16,18H,13,15,17H2,1-4H3,(H,37,38)(H,30,32,33). The van der Waals surface area contributed by atoms with Gasteiger partial charge in [-0.15, -0.1) is 5.10 Å². The number of anilines is 1. The normalized spacial score (nSPS) is 12.1.